The quantitative estimate of drug-likeness (QED) is 0.820. The summed E-state index contributed by atoms with van der Waals surface area (Å²) < 4.78 is 0. The second-order valence-corrected chi connectivity index (χ2v) is 5.78. The van der Waals surface area contributed by atoms with E-state index in [-0.39, 0.29) is 6.04 Å². The Morgan fingerprint density at radius 3 is 2.95 bits per heavy atom. The van der Waals surface area contributed by atoms with Gasteiger partial charge in [0.15, 0.2) is 0 Å². The number of halogens is 1. The summed E-state index contributed by atoms with van der Waals surface area (Å²) in [6.45, 7) is 2.10. The molecule has 1 aromatic heterocycles. The van der Waals surface area contributed by atoms with Gasteiger partial charge >= 0.3 is 0 Å². The molecular weight excluding hydrogens is 298 g/mol. The Labute approximate surface area is 126 Å². The number of nitrogens with two attached hydrogens (primary N) is 1. The molecule has 0 bridgehead atoms. The lowest BCUT2D eigenvalue weighted by Crippen LogP contribution is -2.16. The van der Waals surface area contributed by atoms with E-state index in [0.717, 1.165) is 17.1 Å². The van der Waals surface area contributed by atoms with Gasteiger partial charge in [0.1, 0.15) is 10.00 Å². The highest BCUT2D eigenvalue weighted by atomic mass is 35.5. The van der Waals surface area contributed by atoms with E-state index in [1.165, 1.54) is 0 Å². The van der Waals surface area contributed by atoms with Crippen molar-refractivity contribution in [2.45, 2.75) is 19.4 Å². The monoisotopic (exact) mass is 311 g/mol. The molecular formula is C13H14ClN3S2. The highest BCUT2D eigenvalue weighted by Crippen LogP contribution is 2.29. The molecule has 0 aliphatic heterocycles. The molecule has 0 radical (unpaired) electrons. The number of thiocarbonyl (C=S) groups is 1. The SMILES string of the molecule is CCC(Nc1cccc(Cl)c1C(N)=S)c1nccs1. The Morgan fingerprint density at radius 1 is 1.58 bits per heavy atom. The summed E-state index contributed by atoms with van der Waals surface area (Å²) in [6.07, 6.45) is 2.72. The van der Waals surface area contributed by atoms with Crippen LogP contribution in [-0.2, 0) is 0 Å². The number of hydrogen-bond donors (Lipinski definition) is 2. The van der Waals surface area contributed by atoms with Crippen molar-refractivity contribution in [1.82, 2.24) is 4.98 Å². The first-order valence-corrected chi connectivity index (χ1v) is 7.54. The van der Waals surface area contributed by atoms with Gasteiger partial charge in [-0.1, -0.05) is 36.8 Å². The summed E-state index contributed by atoms with van der Waals surface area (Å²) in [5, 5.41) is 6.98. The van der Waals surface area contributed by atoms with Crippen LogP contribution in [-0.4, -0.2) is 9.97 Å². The number of nitrogens with one attached hydrogen (secondary N) is 1. The molecule has 2 aromatic rings. The summed E-state index contributed by atoms with van der Waals surface area (Å²) in [5.74, 6) is 0. The minimum atomic E-state index is 0.131. The van der Waals surface area contributed by atoms with Crippen LogP contribution in [0.5, 0.6) is 0 Å². The van der Waals surface area contributed by atoms with Crippen molar-refractivity contribution in [3.8, 4) is 0 Å². The molecule has 2 rings (SSSR count). The van der Waals surface area contributed by atoms with Crippen LogP contribution in [0.4, 0.5) is 5.69 Å². The average molecular weight is 312 g/mol. The minimum absolute atomic E-state index is 0.131. The molecule has 0 aliphatic rings. The molecule has 1 aromatic carbocycles. The lowest BCUT2D eigenvalue weighted by molar-refractivity contribution is 0.742. The first-order chi connectivity index (χ1) is 9.13. The Morgan fingerprint density at radius 2 is 2.37 bits per heavy atom. The number of rotatable bonds is 5. The molecule has 0 fully saturated rings. The summed E-state index contributed by atoms with van der Waals surface area (Å²) in [6, 6.07) is 5.72. The predicted molar refractivity (Wildman–Crippen MR) is 86.1 cm³/mol. The largest absolute Gasteiger partial charge is 0.389 e. The van der Waals surface area contributed by atoms with E-state index in [2.05, 4.69) is 17.2 Å². The fourth-order valence-corrected chi connectivity index (χ4v) is 3.15. The van der Waals surface area contributed by atoms with Crippen LogP contribution in [0.15, 0.2) is 29.8 Å². The highest BCUT2D eigenvalue weighted by Gasteiger charge is 2.16. The summed E-state index contributed by atoms with van der Waals surface area (Å²) in [4.78, 5) is 4.63. The van der Waals surface area contributed by atoms with Gasteiger partial charge < -0.3 is 11.1 Å². The number of benzene rings is 1. The molecule has 0 saturated heterocycles. The molecule has 1 heterocycles. The number of hydrogen-bond acceptors (Lipinski definition) is 4. The zero-order chi connectivity index (χ0) is 13.8. The van der Waals surface area contributed by atoms with Crippen molar-refractivity contribution in [3.05, 3.63) is 45.4 Å². The van der Waals surface area contributed by atoms with E-state index in [0.29, 0.717) is 15.6 Å². The van der Waals surface area contributed by atoms with Gasteiger partial charge in [-0.15, -0.1) is 11.3 Å². The van der Waals surface area contributed by atoms with E-state index in [1.807, 2.05) is 17.5 Å². The van der Waals surface area contributed by atoms with E-state index in [9.17, 15) is 0 Å². The lowest BCUT2D eigenvalue weighted by Gasteiger charge is -2.19. The smallest absolute Gasteiger partial charge is 0.115 e. The maximum absolute atomic E-state index is 6.16. The van der Waals surface area contributed by atoms with Crippen LogP contribution < -0.4 is 11.1 Å². The topological polar surface area (TPSA) is 50.9 Å². The molecule has 0 amide bonds. The van der Waals surface area contributed by atoms with Crippen molar-refractivity contribution in [3.63, 3.8) is 0 Å². The molecule has 0 saturated carbocycles. The normalized spacial score (nSPS) is 12.1. The summed E-state index contributed by atoms with van der Waals surface area (Å²) in [5.41, 5.74) is 7.28. The summed E-state index contributed by atoms with van der Waals surface area (Å²) >= 11 is 12.8. The second kappa shape index (κ2) is 6.32. The molecule has 3 N–H and O–H groups in total. The van der Waals surface area contributed by atoms with Crippen LogP contribution in [0, 0.1) is 0 Å². The summed E-state index contributed by atoms with van der Waals surface area (Å²) in [7, 11) is 0. The van der Waals surface area contributed by atoms with Crippen LogP contribution in [0.1, 0.15) is 30.0 Å². The van der Waals surface area contributed by atoms with Gasteiger partial charge in [0.05, 0.1) is 16.6 Å². The van der Waals surface area contributed by atoms with Crippen molar-refractivity contribution in [1.29, 1.82) is 0 Å². The van der Waals surface area contributed by atoms with Crippen molar-refractivity contribution < 1.29 is 0 Å². The Bertz CT molecular complexity index is 569. The Balaban J connectivity index is 2.32. The molecule has 100 valence electrons. The molecule has 3 nitrogen and oxygen atoms in total. The van der Waals surface area contributed by atoms with E-state index < -0.39 is 0 Å². The van der Waals surface area contributed by atoms with Gasteiger partial charge in [-0.25, -0.2) is 4.98 Å². The molecule has 1 atom stereocenters. The standard InChI is InChI=1S/C13H14ClN3S2/c1-2-9(13-16-6-7-19-13)17-10-5-3-4-8(14)11(10)12(15)18/h3-7,9,17H,2H2,1H3,(H2,15,18). The van der Waals surface area contributed by atoms with Gasteiger partial charge in [0.2, 0.25) is 0 Å². The first-order valence-electron chi connectivity index (χ1n) is 5.87. The molecule has 19 heavy (non-hydrogen) atoms. The van der Waals surface area contributed by atoms with Crippen LogP contribution >= 0.6 is 35.2 Å². The zero-order valence-corrected chi connectivity index (χ0v) is 12.8. The van der Waals surface area contributed by atoms with Crippen LogP contribution in [0.2, 0.25) is 5.02 Å². The fraction of sp³-hybridized carbons (Fsp3) is 0.231. The second-order valence-electron chi connectivity index (χ2n) is 4.00. The highest BCUT2D eigenvalue weighted by molar-refractivity contribution is 7.80. The first kappa shape index (κ1) is 14.2. The third-order valence-corrected chi connectivity index (χ3v) is 4.16. The van der Waals surface area contributed by atoms with Crippen molar-refractivity contribution >= 4 is 45.8 Å². The van der Waals surface area contributed by atoms with Gasteiger partial charge in [-0.3, -0.25) is 0 Å². The van der Waals surface area contributed by atoms with Gasteiger partial charge in [-0.2, -0.15) is 0 Å². The molecule has 0 aliphatic carbocycles. The number of nitrogens with zero attached hydrogens (tertiary/aromatic N) is 1. The minimum Gasteiger partial charge on any atom is -0.389 e. The van der Waals surface area contributed by atoms with Crippen LogP contribution in [0.25, 0.3) is 0 Å². The third kappa shape index (κ3) is 3.23. The van der Waals surface area contributed by atoms with E-state index in [4.69, 9.17) is 29.6 Å². The lowest BCUT2D eigenvalue weighted by atomic mass is 10.1. The Hall–Kier alpha value is -1.17. The third-order valence-electron chi connectivity index (χ3n) is 2.75. The maximum atomic E-state index is 6.16. The molecule has 6 heteroatoms. The van der Waals surface area contributed by atoms with Crippen LogP contribution in [0.3, 0.4) is 0 Å². The van der Waals surface area contributed by atoms with Crippen molar-refractivity contribution in [2.75, 3.05) is 5.32 Å². The average Bonchev–Trinajstić information content (AvgIpc) is 2.89. The molecule has 0 spiro atoms. The number of anilines is 1. The van der Waals surface area contributed by atoms with Gasteiger partial charge in [-0.05, 0) is 18.6 Å². The van der Waals surface area contributed by atoms with Gasteiger partial charge in [0, 0.05) is 17.3 Å². The van der Waals surface area contributed by atoms with Crippen molar-refractivity contribution in [2.24, 2.45) is 5.73 Å². The van der Waals surface area contributed by atoms with E-state index in [1.54, 1.807) is 23.6 Å². The zero-order valence-electron chi connectivity index (χ0n) is 10.4. The fourth-order valence-electron chi connectivity index (χ4n) is 1.83. The molecule has 1 unspecified atom stereocenters. The van der Waals surface area contributed by atoms with E-state index >= 15 is 0 Å². The Kier molecular flexibility index (Phi) is 4.74. The predicted octanol–water partition coefficient (Wildman–Crippen LogP) is 3.99. The van der Waals surface area contributed by atoms with Gasteiger partial charge in [0.25, 0.3) is 0 Å². The number of aromatic nitrogens is 1. The number of thiazole rings is 1. The maximum Gasteiger partial charge on any atom is 0.115 e.